The Labute approximate surface area is 117 Å². The van der Waals surface area contributed by atoms with Crippen LogP contribution in [0.4, 0.5) is 0 Å². The molecule has 3 nitrogen and oxygen atoms in total. The van der Waals surface area contributed by atoms with E-state index in [1.807, 2.05) is 26.0 Å². The van der Waals surface area contributed by atoms with Crippen LogP contribution in [-0.2, 0) is 4.74 Å². The summed E-state index contributed by atoms with van der Waals surface area (Å²) in [5.74, 6) is 2.37. The number of unbranched alkanes of at least 4 members (excludes halogenated alkanes) is 1. The van der Waals surface area contributed by atoms with E-state index >= 15 is 0 Å². The van der Waals surface area contributed by atoms with Crippen LogP contribution in [-0.4, -0.2) is 12.6 Å². The van der Waals surface area contributed by atoms with E-state index < -0.39 is 0 Å². The van der Waals surface area contributed by atoms with Crippen LogP contribution in [0.3, 0.4) is 0 Å². The summed E-state index contributed by atoms with van der Waals surface area (Å²) >= 11 is 0. The van der Waals surface area contributed by atoms with Crippen molar-refractivity contribution in [2.75, 3.05) is 6.61 Å². The standard InChI is InChI=1S/C16H29NO2/c1-5-7-8-14(6-2)11-18-16(13(4)17)15-10-9-12(3)19-15/h9-10,13-14,16H,5-8,11,17H2,1-4H3. The van der Waals surface area contributed by atoms with Crippen molar-refractivity contribution < 1.29 is 9.15 Å². The summed E-state index contributed by atoms with van der Waals surface area (Å²) in [5.41, 5.74) is 6.02. The molecular formula is C16H29NO2. The van der Waals surface area contributed by atoms with Gasteiger partial charge in [-0.05, 0) is 38.3 Å². The van der Waals surface area contributed by atoms with Gasteiger partial charge in [-0.1, -0.05) is 33.1 Å². The average molecular weight is 267 g/mol. The lowest BCUT2D eigenvalue weighted by atomic mass is 10.0. The molecule has 0 radical (unpaired) electrons. The van der Waals surface area contributed by atoms with E-state index in [1.165, 1.54) is 19.3 Å². The van der Waals surface area contributed by atoms with Crippen LogP contribution in [0, 0.1) is 12.8 Å². The fourth-order valence-electron chi connectivity index (χ4n) is 2.24. The van der Waals surface area contributed by atoms with Gasteiger partial charge in [0.05, 0.1) is 6.61 Å². The van der Waals surface area contributed by atoms with Gasteiger partial charge in [0.1, 0.15) is 17.6 Å². The van der Waals surface area contributed by atoms with Gasteiger partial charge < -0.3 is 14.9 Å². The number of furan rings is 1. The molecule has 1 heterocycles. The molecule has 3 unspecified atom stereocenters. The molecule has 0 bridgehead atoms. The van der Waals surface area contributed by atoms with Crippen molar-refractivity contribution in [1.29, 1.82) is 0 Å². The highest BCUT2D eigenvalue weighted by Crippen LogP contribution is 2.24. The first-order chi connectivity index (χ1) is 9.08. The minimum absolute atomic E-state index is 0.0609. The van der Waals surface area contributed by atoms with Gasteiger partial charge >= 0.3 is 0 Å². The maximum absolute atomic E-state index is 6.03. The Kier molecular flexibility index (Phi) is 7.17. The molecule has 0 saturated carbocycles. The van der Waals surface area contributed by atoms with Crippen molar-refractivity contribution >= 4 is 0 Å². The molecule has 0 aliphatic carbocycles. The van der Waals surface area contributed by atoms with Crippen molar-refractivity contribution in [3.63, 3.8) is 0 Å². The van der Waals surface area contributed by atoms with Crippen LogP contribution in [0.2, 0.25) is 0 Å². The summed E-state index contributed by atoms with van der Waals surface area (Å²) in [6, 6.07) is 3.87. The number of nitrogens with two attached hydrogens (primary N) is 1. The predicted molar refractivity (Wildman–Crippen MR) is 79.1 cm³/mol. The molecule has 1 aromatic rings. The largest absolute Gasteiger partial charge is 0.464 e. The predicted octanol–water partition coefficient (Wildman–Crippen LogP) is 4.21. The molecule has 0 aliphatic rings. The highest BCUT2D eigenvalue weighted by Gasteiger charge is 2.21. The van der Waals surface area contributed by atoms with Gasteiger partial charge in [0, 0.05) is 6.04 Å². The number of hydrogen-bond donors (Lipinski definition) is 1. The lowest BCUT2D eigenvalue weighted by molar-refractivity contribution is 0.000204. The third-order valence-electron chi connectivity index (χ3n) is 3.57. The smallest absolute Gasteiger partial charge is 0.134 e. The maximum Gasteiger partial charge on any atom is 0.134 e. The molecule has 0 aliphatic heterocycles. The second-order valence-corrected chi connectivity index (χ2v) is 5.48. The number of rotatable bonds is 9. The lowest BCUT2D eigenvalue weighted by Crippen LogP contribution is -2.28. The van der Waals surface area contributed by atoms with Crippen molar-refractivity contribution in [2.24, 2.45) is 11.7 Å². The normalized spacial score (nSPS) is 16.3. The van der Waals surface area contributed by atoms with Crippen LogP contribution in [0.5, 0.6) is 0 Å². The van der Waals surface area contributed by atoms with Gasteiger partial charge in [0.15, 0.2) is 0 Å². The summed E-state index contributed by atoms with van der Waals surface area (Å²) in [5, 5.41) is 0. The summed E-state index contributed by atoms with van der Waals surface area (Å²) in [6.45, 7) is 9.13. The molecule has 2 N–H and O–H groups in total. The van der Waals surface area contributed by atoms with Crippen molar-refractivity contribution in [3.8, 4) is 0 Å². The molecule has 0 amide bonds. The zero-order chi connectivity index (χ0) is 14.3. The number of aryl methyl sites for hydroxylation is 1. The molecule has 3 atom stereocenters. The van der Waals surface area contributed by atoms with Crippen LogP contribution >= 0.6 is 0 Å². The maximum atomic E-state index is 6.03. The molecule has 110 valence electrons. The Bertz CT molecular complexity index is 346. The van der Waals surface area contributed by atoms with Crippen LogP contribution < -0.4 is 5.73 Å². The van der Waals surface area contributed by atoms with Crippen molar-refractivity contribution in [2.45, 2.75) is 65.5 Å². The van der Waals surface area contributed by atoms with E-state index in [-0.39, 0.29) is 12.1 Å². The molecule has 1 aromatic heterocycles. The topological polar surface area (TPSA) is 48.4 Å². The highest BCUT2D eigenvalue weighted by molar-refractivity contribution is 5.09. The molecule has 0 aromatic carbocycles. The average Bonchev–Trinajstić information content (AvgIpc) is 2.79. The Morgan fingerprint density at radius 3 is 2.53 bits per heavy atom. The van der Waals surface area contributed by atoms with Crippen LogP contribution in [0.15, 0.2) is 16.5 Å². The molecule has 19 heavy (non-hydrogen) atoms. The van der Waals surface area contributed by atoms with E-state index in [2.05, 4.69) is 13.8 Å². The Morgan fingerprint density at radius 1 is 1.32 bits per heavy atom. The monoisotopic (exact) mass is 267 g/mol. The number of ether oxygens (including phenoxy) is 1. The first-order valence-electron chi connectivity index (χ1n) is 7.51. The molecule has 1 rings (SSSR count). The third-order valence-corrected chi connectivity index (χ3v) is 3.57. The van der Waals surface area contributed by atoms with Gasteiger partial charge in [-0.25, -0.2) is 0 Å². The van der Waals surface area contributed by atoms with Crippen molar-refractivity contribution in [3.05, 3.63) is 23.7 Å². The quantitative estimate of drug-likeness (QED) is 0.729. The van der Waals surface area contributed by atoms with Gasteiger partial charge in [-0.3, -0.25) is 0 Å². The molecule has 0 fully saturated rings. The van der Waals surface area contributed by atoms with Gasteiger partial charge in [0.25, 0.3) is 0 Å². The summed E-state index contributed by atoms with van der Waals surface area (Å²) in [4.78, 5) is 0. The van der Waals surface area contributed by atoms with E-state index in [0.717, 1.165) is 24.5 Å². The second-order valence-electron chi connectivity index (χ2n) is 5.48. The molecule has 0 spiro atoms. The van der Waals surface area contributed by atoms with Crippen LogP contribution in [0.25, 0.3) is 0 Å². The highest BCUT2D eigenvalue weighted by atomic mass is 16.5. The molecule has 3 heteroatoms. The van der Waals surface area contributed by atoms with Crippen molar-refractivity contribution in [1.82, 2.24) is 0 Å². The zero-order valence-corrected chi connectivity index (χ0v) is 12.8. The molecule has 0 saturated heterocycles. The zero-order valence-electron chi connectivity index (χ0n) is 12.8. The SMILES string of the molecule is CCCCC(CC)COC(c1ccc(C)o1)C(C)N. The minimum atomic E-state index is -0.135. The van der Waals surface area contributed by atoms with E-state index in [1.54, 1.807) is 0 Å². The van der Waals surface area contributed by atoms with E-state index in [0.29, 0.717) is 5.92 Å². The third kappa shape index (κ3) is 5.37. The Morgan fingerprint density at radius 2 is 2.05 bits per heavy atom. The first kappa shape index (κ1) is 16.3. The first-order valence-corrected chi connectivity index (χ1v) is 7.51. The van der Waals surface area contributed by atoms with E-state index in [4.69, 9.17) is 14.9 Å². The minimum Gasteiger partial charge on any atom is -0.464 e. The van der Waals surface area contributed by atoms with Gasteiger partial charge in [-0.2, -0.15) is 0 Å². The number of hydrogen-bond acceptors (Lipinski definition) is 3. The Hall–Kier alpha value is -0.800. The summed E-state index contributed by atoms with van der Waals surface area (Å²) in [6.07, 6.45) is 4.76. The van der Waals surface area contributed by atoms with Gasteiger partial charge in [0.2, 0.25) is 0 Å². The Balaban J connectivity index is 2.54. The van der Waals surface area contributed by atoms with Crippen LogP contribution in [0.1, 0.15) is 64.1 Å². The second kappa shape index (κ2) is 8.39. The fraction of sp³-hybridized carbons (Fsp3) is 0.750. The molecular weight excluding hydrogens is 238 g/mol. The lowest BCUT2D eigenvalue weighted by Gasteiger charge is -2.23. The summed E-state index contributed by atoms with van der Waals surface area (Å²) in [7, 11) is 0. The van der Waals surface area contributed by atoms with Gasteiger partial charge in [-0.15, -0.1) is 0 Å². The fourth-order valence-corrected chi connectivity index (χ4v) is 2.24. The van der Waals surface area contributed by atoms with E-state index in [9.17, 15) is 0 Å². The summed E-state index contributed by atoms with van der Waals surface area (Å²) < 4.78 is 11.7.